The standard InChI is InChI=1S/C12H9ClN2O2S/c13-11-4-2-8(18-11)6-15-9-3-1-7(14)5-10(9)17-12(15)16/h1-5H,6,14H2. The van der Waals surface area contributed by atoms with Gasteiger partial charge in [-0.2, -0.15) is 0 Å². The summed E-state index contributed by atoms with van der Waals surface area (Å²) in [6.07, 6.45) is 0. The lowest BCUT2D eigenvalue weighted by atomic mass is 10.3. The highest BCUT2D eigenvalue weighted by Gasteiger charge is 2.10. The molecule has 0 aliphatic heterocycles. The Labute approximate surface area is 111 Å². The first-order valence-electron chi connectivity index (χ1n) is 5.26. The number of thiophene rings is 1. The first kappa shape index (κ1) is 11.4. The molecule has 0 fully saturated rings. The van der Waals surface area contributed by atoms with Gasteiger partial charge < -0.3 is 10.2 Å². The SMILES string of the molecule is Nc1ccc2c(c1)oc(=O)n2Cc1ccc(Cl)s1. The second kappa shape index (κ2) is 4.19. The Bertz CT molecular complexity index is 772. The van der Waals surface area contributed by atoms with Gasteiger partial charge in [-0.1, -0.05) is 11.6 Å². The minimum atomic E-state index is -0.389. The summed E-state index contributed by atoms with van der Waals surface area (Å²) in [4.78, 5) is 12.8. The summed E-state index contributed by atoms with van der Waals surface area (Å²) in [6, 6.07) is 8.89. The molecule has 6 heteroatoms. The van der Waals surface area contributed by atoms with Crippen molar-refractivity contribution in [2.24, 2.45) is 0 Å². The smallest absolute Gasteiger partial charge is 0.408 e. The molecule has 0 spiro atoms. The molecule has 0 radical (unpaired) electrons. The molecule has 0 saturated heterocycles. The van der Waals surface area contributed by atoms with Crippen molar-refractivity contribution >= 4 is 39.7 Å². The maximum absolute atomic E-state index is 11.8. The third kappa shape index (κ3) is 1.91. The van der Waals surface area contributed by atoms with Crippen LogP contribution in [0.5, 0.6) is 0 Å². The van der Waals surface area contributed by atoms with Crippen molar-refractivity contribution in [2.75, 3.05) is 5.73 Å². The second-order valence-electron chi connectivity index (χ2n) is 3.89. The fourth-order valence-electron chi connectivity index (χ4n) is 1.83. The summed E-state index contributed by atoms with van der Waals surface area (Å²) >= 11 is 7.32. The van der Waals surface area contributed by atoms with E-state index in [1.54, 1.807) is 22.8 Å². The van der Waals surface area contributed by atoms with Crippen molar-refractivity contribution in [1.29, 1.82) is 0 Å². The normalized spacial score (nSPS) is 11.2. The third-order valence-electron chi connectivity index (χ3n) is 2.64. The molecule has 2 heterocycles. The summed E-state index contributed by atoms with van der Waals surface area (Å²) in [7, 11) is 0. The molecule has 0 bridgehead atoms. The van der Waals surface area contributed by atoms with Crippen LogP contribution < -0.4 is 11.5 Å². The number of oxazole rings is 1. The number of hydrogen-bond acceptors (Lipinski definition) is 4. The van der Waals surface area contributed by atoms with Gasteiger partial charge in [0.25, 0.3) is 0 Å². The van der Waals surface area contributed by atoms with E-state index in [-0.39, 0.29) is 5.76 Å². The highest BCUT2D eigenvalue weighted by Crippen LogP contribution is 2.23. The minimum absolute atomic E-state index is 0.389. The molecule has 2 N–H and O–H groups in total. The van der Waals surface area contributed by atoms with Crippen LogP contribution in [-0.2, 0) is 6.54 Å². The molecule has 2 aromatic heterocycles. The van der Waals surface area contributed by atoms with Crippen molar-refractivity contribution in [2.45, 2.75) is 6.54 Å². The van der Waals surface area contributed by atoms with Gasteiger partial charge >= 0.3 is 5.76 Å². The zero-order chi connectivity index (χ0) is 12.7. The van der Waals surface area contributed by atoms with Gasteiger partial charge in [0.05, 0.1) is 16.4 Å². The van der Waals surface area contributed by atoms with Crippen LogP contribution in [0.2, 0.25) is 4.34 Å². The van der Waals surface area contributed by atoms with E-state index in [1.807, 2.05) is 12.1 Å². The van der Waals surface area contributed by atoms with Crippen LogP contribution in [0.3, 0.4) is 0 Å². The van der Waals surface area contributed by atoms with Gasteiger partial charge in [-0.05, 0) is 24.3 Å². The van der Waals surface area contributed by atoms with Crippen molar-refractivity contribution in [3.05, 3.63) is 50.1 Å². The molecule has 0 aliphatic rings. The molecular formula is C12H9ClN2O2S. The fraction of sp³-hybridized carbons (Fsp3) is 0.0833. The van der Waals surface area contributed by atoms with Crippen LogP contribution in [0, 0.1) is 0 Å². The molecule has 0 atom stereocenters. The van der Waals surface area contributed by atoms with Crippen molar-refractivity contribution in [1.82, 2.24) is 4.57 Å². The molecule has 0 saturated carbocycles. The Morgan fingerprint density at radius 3 is 2.89 bits per heavy atom. The van der Waals surface area contributed by atoms with E-state index in [0.29, 0.717) is 22.2 Å². The number of nitrogens with zero attached hydrogens (tertiary/aromatic N) is 1. The number of nitrogens with two attached hydrogens (primary N) is 1. The molecule has 0 aliphatic carbocycles. The van der Waals surface area contributed by atoms with E-state index in [4.69, 9.17) is 21.8 Å². The number of halogens is 1. The summed E-state index contributed by atoms with van der Waals surface area (Å²) in [6.45, 7) is 0.452. The van der Waals surface area contributed by atoms with Gasteiger partial charge in [0.2, 0.25) is 0 Å². The molecule has 0 amide bonds. The summed E-state index contributed by atoms with van der Waals surface area (Å²) in [5, 5.41) is 0. The number of aromatic nitrogens is 1. The lowest BCUT2D eigenvalue weighted by Crippen LogP contribution is -2.14. The molecular weight excluding hydrogens is 272 g/mol. The maximum Gasteiger partial charge on any atom is 0.420 e. The lowest BCUT2D eigenvalue weighted by Gasteiger charge is -1.99. The van der Waals surface area contributed by atoms with Gasteiger partial charge in [-0.25, -0.2) is 4.79 Å². The summed E-state index contributed by atoms with van der Waals surface area (Å²) in [5.74, 6) is -0.389. The van der Waals surface area contributed by atoms with Crippen LogP contribution >= 0.6 is 22.9 Å². The molecule has 0 unspecified atom stereocenters. The average molecular weight is 281 g/mol. The first-order valence-corrected chi connectivity index (χ1v) is 6.46. The fourth-order valence-corrected chi connectivity index (χ4v) is 2.90. The number of anilines is 1. The van der Waals surface area contributed by atoms with Gasteiger partial charge in [0, 0.05) is 16.6 Å². The zero-order valence-electron chi connectivity index (χ0n) is 9.22. The predicted molar refractivity (Wildman–Crippen MR) is 73.3 cm³/mol. The predicted octanol–water partition coefficient (Wildman–Crippen LogP) is 2.94. The molecule has 18 heavy (non-hydrogen) atoms. The monoisotopic (exact) mass is 280 g/mol. The molecule has 92 valence electrons. The van der Waals surface area contributed by atoms with Crippen LogP contribution in [-0.4, -0.2) is 4.57 Å². The Morgan fingerprint density at radius 2 is 2.17 bits per heavy atom. The Hall–Kier alpha value is -1.72. The molecule has 3 aromatic rings. The van der Waals surface area contributed by atoms with Crippen LogP contribution in [0.15, 0.2) is 39.5 Å². The van der Waals surface area contributed by atoms with Gasteiger partial charge in [0.15, 0.2) is 5.58 Å². The van der Waals surface area contributed by atoms with E-state index in [9.17, 15) is 4.79 Å². The van der Waals surface area contributed by atoms with E-state index < -0.39 is 0 Å². The summed E-state index contributed by atoms with van der Waals surface area (Å²) in [5.41, 5.74) is 7.46. The van der Waals surface area contributed by atoms with Crippen LogP contribution in [0.25, 0.3) is 11.1 Å². The van der Waals surface area contributed by atoms with E-state index in [0.717, 1.165) is 10.4 Å². The quantitative estimate of drug-likeness (QED) is 0.734. The highest BCUT2D eigenvalue weighted by atomic mass is 35.5. The number of rotatable bonds is 2. The number of fused-ring (bicyclic) bond motifs is 1. The second-order valence-corrected chi connectivity index (χ2v) is 5.69. The molecule has 4 nitrogen and oxygen atoms in total. The van der Waals surface area contributed by atoms with Crippen molar-refractivity contribution < 1.29 is 4.42 Å². The van der Waals surface area contributed by atoms with E-state index in [1.165, 1.54) is 11.3 Å². The van der Waals surface area contributed by atoms with Gasteiger partial charge in [-0.15, -0.1) is 11.3 Å². The van der Waals surface area contributed by atoms with Gasteiger partial charge in [-0.3, -0.25) is 4.57 Å². The summed E-state index contributed by atoms with van der Waals surface area (Å²) < 4.78 is 7.43. The van der Waals surface area contributed by atoms with Crippen LogP contribution in [0.4, 0.5) is 5.69 Å². The third-order valence-corrected chi connectivity index (χ3v) is 3.85. The Balaban J connectivity index is 2.11. The number of nitrogen functional groups attached to an aromatic ring is 1. The van der Waals surface area contributed by atoms with Crippen LogP contribution in [0.1, 0.15) is 4.88 Å². The number of benzene rings is 1. The van der Waals surface area contributed by atoms with E-state index >= 15 is 0 Å². The molecule has 1 aromatic carbocycles. The van der Waals surface area contributed by atoms with Crippen molar-refractivity contribution in [3.63, 3.8) is 0 Å². The minimum Gasteiger partial charge on any atom is -0.408 e. The number of hydrogen-bond donors (Lipinski definition) is 1. The largest absolute Gasteiger partial charge is 0.420 e. The Morgan fingerprint density at radius 1 is 1.33 bits per heavy atom. The Kier molecular flexibility index (Phi) is 2.65. The maximum atomic E-state index is 11.8. The van der Waals surface area contributed by atoms with Gasteiger partial charge in [0.1, 0.15) is 0 Å². The van der Waals surface area contributed by atoms with E-state index in [2.05, 4.69) is 0 Å². The first-order chi connectivity index (χ1) is 8.63. The lowest BCUT2D eigenvalue weighted by molar-refractivity contribution is 0.519. The molecule has 3 rings (SSSR count). The highest BCUT2D eigenvalue weighted by molar-refractivity contribution is 7.16. The average Bonchev–Trinajstić information content (AvgIpc) is 2.84. The van der Waals surface area contributed by atoms with Crippen molar-refractivity contribution in [3.8, 4) is 0 Å². The topological polar surface area (TPSA) is 61.2 Å². The zero-order valence-corrected chi connectivity index (χ0v) is 10.8.